The number of hydrogen-bond donors (Lipinski definition) is 1. The summed E-state index contributed by atoms with van der Waals surface area (Å²) in [5.74, 6) is 1.32. The summed E-state index contributed by atoms with van der Waals surface area (Å²) in [5.41, 5.74) is 0.605. The van der Waals surface area contributed by atoms with Gasteiger partial charge in [-0.25, -0.2) is 4.98 Å². The number of ether oxygens (including phenoxy) is 2. The number of amides is 1. The molecule has 0 saturated heterocycles. The fraction of sp³-hybridized carbons (Fsp3) is 0.308. The van der Waals surface area contributed by atoms with E-state index in [1.165, 1.54) is 7.11 Å². The first-order valence-corrected chi connectivity index (χ1v) is 7.23. The van der Waals surface area contributed by atoms with E-state index < -0.39 is 5.38 Å². The number of rotatable bonds is 5. The average Bonchev–Trinajstić information content (AvgIpc) is 2.90. The number of alkyl halides is 1. The van der Waals surface area contributed by atoms with E-state index in [0.717, 1.165) is 11.5 Å². The van der Waals surface area contributed by atoms with E-state index in [0.29, 0.717) is 28.0 Å². The monoisotopic (exact) mass is 327 g/mol. The molecule has 1 heterocycles. The van der Waals surface area contributed by atoms with Crippen LogP contribution in [0, 0.1) is 6.92 Å². The van der Waals surface area contributed by atoms with Gasteiger partial charge in [0.1, 0.15) is 11.2 Å². The smallest absolute Gasteiger partial charge is 0.248 e. The molecule has 2 aromatic rings. The van der Waals surface area contributed by atoms with Crippen LogP contribution in [0.15, 0.2) is 18.2 Å². The lowest BCUT2D eigenvalue weighted by atomic mass is 10.1. The number of benzene rings is 1. The Morgan fingerprint density at radius 2 is 2.05 bits per heavy atom. The molecule has 0 fully saturated rings. The maximum atomic E-state index is 12.1. The van der Waals surface area contributed by atoms with E-state index in [1.54, 1.807) is 32.2 Å². The van der Waals surface area contributed by atoms with Gasteiger partial charge in [-0.15, -0.1) is 11.6 Å². The Labute approximate surface area is 131 Å². The normalized spacial score (nSPS) is 11.8. The standard InChI is InChI=1S/C13H14ClN3O3S/c1-7-15-13(21-17-7)16-12(18)11(14)8-4-5-9(19-2)10(6-8)20-3/h4-6,11H,1-3H3,(H,15,16,17,18). The van der Waals surface area contributed by atoms with E-state index in [-0.39, 0.29) is 5.91 Å². The largest absolute Gasteiger partial charge is 0.493 e. The van der Waals surface area contributed by atoms with Gasteiger partial charge >= 0.3 is 0 Å². The van der Waals surface area contributed by atoms with Crippen molar-refractivity contribution in [1.82, 2.24) is 9.36 Å². The molecule has 112 valence electrons. The average molecular weight is 328 g/mol. The quantitative estimate of drug-likeness (QED) is 0.855. The lowest BCUT2D eigenvalue weighted by molar-refractivity contribution is -0.116. The maximum absolute atomic E-state index is 12.1. The molecular formula is C13H14ClN3O3S. The number of aromatic nitrogens is 2. The third kappa shape index (κ3) is 3.62. The molecule has 1 N–H and O–H groups in total. The van der Waals surface area contributed by atoms with Crippen LogP contribution < -0.4 is 14.8 Å². The van der Waals surface area contributed by atoms with E-state index in [4.69, 9.17) is 21.1 Å². The minimum Gasteiger partial charge on any atom is -0.493 e. The molecule has 0 spiro atoms. The second-order valence-corrected chi connectivity index (χ2v) is 5.30. The van der Waals surface area contributed by atoms with Gasteiger partial charge in [-0.1, -0.05) is 6.07 Å². The van der Waals surface area contributed by atoms with Gasteiger partial charge < -0.3 is 9.47 Å². The van der Waals surface area contributed by atoms with Crippen LogP contribution in [-0.4, -0.2) is 29.5 Å². The van der Waals surface area contributed by atoms with Crippen molar-refractivity contribution in [3.8, 4) is 11.5 Å². The zero-order chi connectivity index (χ0) is 15.4. The second-order valence-electron chi connectivity index (χ2n) is 4.11. The SMILES string of the molecule is COc1ccc(C(Cl)C(=O)Nc2nc(C)ns2)cc1OC. The van der Waals surface area contributed by atoms with E-state index >= 15 is 0 Å². The number of nitrogens with one attached hydrogen (secondary N) is 1. The zero-order valence-corrected chi connectivity index (χ0v) is 13.3. The summed E-state index contributed by atoms with van der Waals surface area (Å²) in [5, 5.41) is 2.18. The molecule has 21 heavy (non-hydrogen) atoms. The van der Waals surface area contributed by atoms with E-state index in [2.05, 4.69) is 14.7 Å². The number of hydrogen-bond acceptors (Lipinski definition) is 6. The highest BCUT2D eigenvalue weighted by molar-refractivity contribution is 7.09. The summed E-state index contributed by atoms with van der Waals surface area (Å²) >= 11 is 7.29. The van der Waals surface area contributed by atoms with Gasteiger partial charge in [0.25, 0.3) is 0 Å². The predicted octanol–water partition coefficient (Wildman–Crippen LogP) is 2.78. The highest BCUT2D eigenvalue weighted by Crippen LogP contribution is 2.32. The second kappa shape index (κ2) is 6.73. The molecular weight excluding hydrogens is 314 g/mol. The molecule has 1 aromatic carbocycles. The highest BCUT2D eigenvalue weighted by atomic mass is 35.5. The Bertz CT molecular complexity index is 647. The molecule has 2 rings (SSSR count). The minimum absolute atomic E-state index is 0.375. The fourth-order valence-corrected chi connectivity index (χ4v) is 2.45. The Hall–Kier alpha value is -1.86. The Balaban J connectivity index is 2.15. The van der Waals surface area contributed by atoms with Crippen LogP contribution in [0.5, 0.6) is 11.5 Å². The molecule has 1 aromatic heterocycles. The number of carbonyl (C=O) groups is 1. The molecule has 0 bridgehead atoms. The molecule has 0 aliphatic rings. The first kappa shape index (κ1) is 15.5. The number of nitrogens with zero attached hydrogens (tertiary/aromatic N) is 2. The number of carbonyl (C=O) groups excluding carboxylic acids is 1. The van der Waals surface area contributed by atoms with Crippen molar-refractivity contribution >= 4 is 34.2 Å². The van der Waals surface area contributed by atoms with Crippen molar-refractivity contribution in [1.29, 1.82) is 0 Å². The van der Waals surface area contributed by atoms with Gasteiger partial charge in [0.15, 0.2) is 11.5 Å². The molecule has 8 heteroatoms. The molecule has 0 aliphatic carbocycles. The maximum Gasteiger partial charge on any atom is 0.248 e. The van der Waals surface area contributed by atoms with Crippen molar-refractivity contribution in [3.05, 3.63) is 29.6 Å². The van der Waals surface area contributed by atoms with Gasteiger partial charge in [-0.2, -0.15) is 4.37 Å². The van der Waals surface area contributed by atoms with Crippen molar-refractivity contribution in [3.63, 3.8) is 0 Å². The van der Waals surface area contributed by atoms with Crippen LogP contribution in [0.3, 0.4) is 0 Å². The Morgan fingerprint density at radius 3 is 2.62 bits per heavy atom. The number of anilines is 1. The van der Waals surface area contributed by atoms with Crippen LogP contribution in [0.25, 0.3) is 0 Å². The van der Waals surface area contributed by atoms with E-state index in [1.807, 2.05) is 0 Å². The molecule has 1 amide bonds. The van der Waals surface area contributed by atoms with Crippen LogP contribution >= 0.6 is 23.1 Å². The Morgan fingerprint density at radius 1 is 1.33 bits per heavy atom. The lowest BCUT2D eigenvalue weighted by Crippen LogP contribution is -2.17. The number of halogens is 1. The fourth-order valence-electron chi connectivity index (χ4n) is 1.68. The van der Waals surface area contributed by atoms with Gasteiger partial charge in [0, 0.05) is 11.5 Å². The van der Waals surface area contributed by atoms with Crippen LogP contribution in [0.1, 0.15) is 16.8 Å². The summed E-state index contributed by atoms with van der Waals surface area (Å²) in [4.78, 5) is 16.2. The lowest BCUT2D eigenvalue weighted by Gasteiger charge is -2.12. The van der Waals surface area contributed by atoms with Crippen molar-refractivity contribution < 1.29 is 14.3 Å². The topological polar surface area (TPSA) is 73.3 Å². The molecule has 1 atom stereocenters. The summed E-state index contributed by atoms with van der Waals surface area (Å²) < 4.78 is 14.3. The molecule has 0 aliphatic heterocycles. The summed E-state index contributed by atoms with van der Waals surface area (Å²) in [6, 6.07) is 5.08. The van der Waals surface area contributed by atoms with Crippen molar-refractivity contribution in [2.45, 2.75) is 12.3 Å². The summed E-state index contributed by atoms with van der Waals surface area (Å²) in [6.07, 6.45) is 0. The minimum atomic E-state index is -0.867. The third-order valence-corrected chi connectivity index (χ3v) is 3.86. The first-order valence-electron chi connectivity index (χ1n) is 6.02. The first-order chi connectivity index (χ1) is 10.0. The third-order valence-electron chi connectivity index (χ3n) is 2.69. The van der Waals surface area contributed by atoms with Crippen LogP contribution in [0.4, 0.5) is 5.13 Å². The van der Waals surface area contributed by atoms with Gasteiger partial charge in [0.2, 0.25) is 11.0 Å². The molecule has 0 saturated carbocycles. The van der Waals surface area contributed by atoms with Crippen molar-refractivity contribution in [2.24, 2.45) is 0 Å². The zero-order valence-electron chi connectivity index (χ0n) is 11.7. The molecule has 1 unspecified atom stereocenters. The van der Waals surface area contributed by atoms with Gasteiger partial charge in [0.05, 0.1) is 14.2 Å². The number of aryl methyl sites for hydroxylation is 1. The van der Waals surface area contributed by atoms with E-state index in [9.17, 15) is 4.79 Å². The van der Waals surface area contributed by atoms with Gasteiger partial charge in [-0.05, 0) is 24.6 Å². The van der Waals surface area contributed by atoms with Gasteiger partial charge in [-0.3, -0.25) is 10.1 Å². The highest BCUT2D eigenvalue weighted by Gasteiger charge is 2.20. The number of methoxy groups -OCH3 is 2. The molecule has 0 radical (unpaired) electrons. The predicted molar refractivity (Wildman–Crippen MR) is 81.4 cm³/mol. The summed E-state index contributed by atoms with van der Waals surface area (Å²) in [7, 11) is 3.06. The molecule has 6 nitrogen and oxygen atoms in total. The van der Waals surface area contributed by atoms with Crippen LogP contribution in [0.2, 0.25) is 0 Å². The Kier molecular flexibility index (Phi) is 4.98. The summed E-state index contributed by atoms with van der Waals surface area (Å²) in [6.45, 7) is 1.75. The van der Waals surface area contributed by atoms with Crippen molar-refractivity contribution in [2.75, 3.05) is 19.5 Å². The van der Waals surface area contributed by atoms with Crippen LogP contribution in [-0.2, 0) is 4.79 Å².